The quantitative estimate of drug-likeness (QED) is 0.727. The molecule has 3 aromatic rings. The SMILES string of the molecule is O=C(NC1CCCCCCC1)c1ccc2c(c1)nnn2Cc1ccc(F)cc1. The molecule has 0 atom stereocenters. The zero-order valence-corrected chi connectivity index (χ0v) is 15.9. The molecule has 1 aromatic heterocycles. The lowest BCUT2D eigenvalue weighted by Crippen LogP contribution is -2.35. The van der Waals surface area contributed by atoms with Gasteiger partial charge in [0.15, 0.2) is 0 Å². The van der Waals surface area contributed by atoms with Crippen LogP contribution in [0.4, 0.5) is 4.39 Å². The maximum Gasteiger partial charge on any atom is 0.251 e. The lowest BCUT2D eigenvalue weighted by Gasteiger charge is -2.21. The van der Waals surface area contributed by atoms with Crippen molar-refractivity contribution >= 4 is 16.9 Å². The smallest absolute Gasteiger partial charge is 0.251 e. The second-order valence-electron chi connectivity index (χ2n) is 7.59. The number of fused-ring (bicyclic) bond motifs is 1. The van der Waals surface area contributed by atoms with Crippen molar-refractivity contribution in [2.75, 3.05) is 0 Å². The Kier molecular flexibility index (Phi) is 5.65. The van der Waals surface area contributed by atoms with E-state index < -0.39 is 0 Å². The van der Waals surface area contributed by atoms with Crippen molar-refractivity contribution in [3.05, 3.63) is 59.4 Å². The van der Waals surface area contributed by atoms with Gasteiger partial charge < -0.3 is 5.32 Å². The second kappa shape index (κ2) is 8.50. The van der Waals surface area contributed by atoms with Gasteiger partial charge in [-0.25, -0.2) is 9.07 Å². The zero-order chi connectivity index (χ0) is 19.3. The Labute approximate surface area is 163 Å². The number of nitrogens with one attached hydrogen (secondary N) is 1. The maximum absolute atomic E-state index is 13.1. The molecule has 0 saturated heterocycles. The summed E-state index contributed by atoms with van der Waals surface area (Å²) in [6, 6.07) is 12.1. The number of benzene rings is 2. The van der Waals surface area contributed by atoms with Crippen molar-refractivity contribution in [1.29, 1.82) is 0 Å². The molecule has 0 bridgehead atoms. The van der Waals surface area contributed by atoms with E-state index in [0.717, 1.165) is 23.9 Å². The van der Waals surface area contributed by atoms with Crippen LogP contribution in [0.25, 0.3) is 11.0 Å². The Morgan fingerprint density at radius 2 is 1.75 bits per heavy atom. The van der Waals surface area contributed by atoms with Crippen molar-refractivity contribution in [2.24, 2.45) is 0 Å². The van der Waals surface area contributed by atoms with Crippen LogP contribution in [-0.2, 0) is 6.54 Å². The molecule has 4 rings (SSSR count). The van der Waals surface area contributed by atoms with Crippen LogP contribution in [0.2, 0.25) is 0 Å². The summed E-state index contributed by atoms with van der Waals surface area (Å²) in [5, 5.41) is 11.6. The highest BCUT2D eigenvalue weighted by Gasteiger charge is 2.16. The van der Waals surface area contributed by atoms with Crippen molar-refractivity contribution in [2.45, 2.75) is 57.5 Å². The molecule has 6 heteroatoms. The number of nitrogens with zero attached hydrogens (tertiary/aromatic N) is 3. The normalized spacial score (nSPS) is 15.9. The third-order valence-electron chi connectivity index (χ3n) is 5.46. The monoisotopic (exact) mass is 380 g/mol. The molecule has 0 radical (unpaired) electrons. The fourth-order valence-corrected chi connectivity index (χ4v) is 3.86. The van der Waals surface area contributed by atoms with Gasteiger partial charge >= 0.3 is 0 Å². The third kappa shape index (κ3) is 4.38. The number of carbonyl (C=O) groups excluding carboxylic acids is 1. The first-order chi connectivity index (χ1) is 13.7. The summed E-state index contributed by atoms with van der Waals surface area (Å²) in [4.78, 5) is 12.7. The van der Waals surface area contributed by atoms with Gasteiger partial charge in [-0.1, -0.05) is 49.5 Å². The summed E-state index contributed by atoms with van der Waals surface area (Å²) in [5.74, 6) is -0.298. The Morgan fingerprint density at radius 3 is 2.50 bits per heavy atom. The highest BCUT2D eigenvalue weighted by atomic mass is 19.1. The average Bonchev–Trinajstić information content (AvgIpc) is 3.07. The van der Waals surface area contributed by atoms with Gasteiger partial charge in [-0.3, -0.25) is 4.79 Å². The van der Waals surface area contributed by atoms with E-state index in [-0.39, 0.29) is 17.8 Å². The van der Waals surface area contributed by atoms with E-state index in [9.17, 15) is 9.18 Å². The third-order valence-corrected chi connectivity index (χ3v) is 5.46. The van der Waals surface area contributed by atoms with Crippen LogP contribution in [0, 0.1) is 5.82 Å². The van der Waals surface area contributed by atoms with Gasteiger partial charge in [0.2, 0.25) is 0 Å². The standard InChI is InChI=1S/C22H25FN4O/c23-18-11-8-16(9-12-18)15-27-21-13-10-17(14-20(21)25-26-27)22(28)24-19-6-4-2-1-3-5-7-19/h8-14,19H,1-7,15H2,(H,24,28). The van der Waals surface area contributed by atoms with E-state index in [1.54, 1.807) is 22.9 Å². The van der Waals surface area contributed by atoms with Gasteiger partial charge in [-0.15, -0.1) is 5.10 Å². The van der Waals surface area contributed by atoms with E-state index in [4.69, 9.17) is 0 Å². The number of aromatic nitrogens is 3. The van der Waals surface area contributed by atoms with Crippen LogP contribution in [0.15, 0.2) is 42.5 Å². The number of hydrogen-bond acceptors (Lipinski definition) is 3. The molecular weight excluding hydrogens is 355 g/mol. The summed E-state index contributed by atoms with van der Waals surface area (Å²) in [5.41, 5.74) is 3.10. The Hall–Kier alpha value is -2.76. The number of carbonyl (C=O) groups is 1. The molecule has 1 aliphatic rings. The second-order valence-corrected chi connectivity index (χ2v) is 7.59. The fraction of sp³-hybridized carbons (Fsp3) is 0.409. The first-order valence-corrected chi connectivity index (χ1v) is 10.1. The molecular formula is C22H25FN4O. The van der Waals surface area contributed by atoms with Crippen LogP contribution >= 0.6 is 0 Å². The van der Waals surface area contributed by atoms with E-state index in [1.165, 1.54) is 44.2 Å². The first kappa shape index (κ1) is 18.6. The van der Waals surface area contributed by atoms with Gasteiger partial charge in [-0.05, 0) is 48.7 Å². The molecule has 1 aliphatic carbocycles. The van der Waals surface area contributed by atoms with Crippen LogP contribution in [0.3, 0.4) is 0 Å². The van der Waals surface area contributed by atoms with Crippen LogP contribution in [0.1, 0.15) is 60.9 Å². The van der Waals surface area contributed by atoms with Gasteiger partial charge in [0.05, 0.1) is 12.1 Å². The molecule has 1 N–H and O–H groups in total. The first-order valence-electron chi connectivity index (χ1n) is 10.1. The topological polar surface area (TPSA) is 59.8 Å². The zero-order valence-electron chi connectivity index (χ0n) is 15.9. The molecule has 5 nitrogen and oxygen atoms in total. The molecule has 146 valence electrons. The molecule has 0 spiro atoms. The predicted molar refractivity (Wildman–Crippen MR) is 107 cm³/mol. The van der Waals surface area contributed by atoms with Crippen molar-refractivity contribution in [3.8, 4) is 0 Å². The van der Waals surface area contributed by atoms with Crippen LogP contribution in [0.5, 0.6) is 0 Å². The molecule has 1 fully saturated rings. The molecule has 2 aromatic carbocycles. The number of hydrogen-bond donors (Lipinski definition) is 1. The van der Waals surface area contributed by atoms with Crippen LogP contribution in [-0.4, -0.2) is 26.9 Å². The molecule has 0 aliphatic heterocycles. The largest absolute Gasteiger partial charge is 0.349 e. The van der Waals surface area contributed by atoms with Crippen molar-refractivity contribution < 1.29 is 9.18 Å². The van der Waals surface area contributed by atoms with Gasteiger partial charge in [0.1, 0.15) is 11.3 Å². The highest BCUT2D eigenvalue weighted by Crippen LogP contribution is 2.19. The van der Waals surface area contributed by atoms with Crippen molar-refractivity contribution in [3.63, 3.8) is 0 Å². The molecule has 1 heterocycles. The molecule has 1 saturated carbocycles. The Morgan fingerprint density at radius 1 is 1.04 bits per heavy atom. The lowest BCUT2D eigenvalue weighted by molar-refractivity contribution is 0.0930. The summed E-state index contributed by atoms with van der Waals surface area (Å²) < 4.78 is 14.8. The van der Waals surface area contributed by atoms with E-state index in [0.29, 0.717) is 17.6 Å². The van der Waals surface area contributed by atoms with E-state index in [1.807, 2.05) is 12.1 Å². The Balaban J connectivity index is 1.47. The fourth-order valence-electron chi connectivity index (χ4n) is 3.86. The molecule has 1 amide bonds. The van der Waals surface area contributed by atoms with Gasteiger partial charge in [0.25, 0.3) is 5.91 Å². The lowest BCUT2D eigenvalue weighted by atomic mass is 9.96. The summed E-state index contributed by atoms with van der Waals surface area (Å²) in [7, 11) is 0. The Bertz CT molecular complexity index is 943. The predicted octanol–water partition coefficient (Wildman–Crippen LogP) is 4.46. The van der Waals surface area contributed by atoms with Gasteiger partial charge in [0, 0.05) is 11.6 Å². The van der Waals surface area contributed by atoms with Crippen LogP contribution < -0.4 is 5.32 Å². The van der Waals surface area contributed by atoms with E-state index >= 15 is 0 Å². The number of halogens is 1. The minimum atomic E-state index is -0.257. The minimum Gasteiger partial charge on any atom is -0.349 e. The highest BCUT2D eigenvalue weighted by molar-refractivity contribution is 5.97. The maximum atomic E-state index is 13.1. The average molecular weight is 380 g/mol. The molecule has 0 unspecified atom stereocenters. The van der Waals surface area contributed by atoms with Gasteiger partial charge in [-0.2, -0.15) is 0 Å². The van der Waals surface area contributed by atoms with E-state index in [2.05, 4.69) is 15.6 Å². The summed E-state index contributed by atoms with van der Waals surface area (Å²) >= 11 is 0. The number of rotatable bonds is 4. The summed E-state index contributed by atoms with van der Waals surface area (Å²) in [6.07, 6.45) is 8.31. The summed E-state index contributed by atoms with van der Waals surface area (Å²) in [6.45, 7) is 0.504. The number of amides is 1. The minimum absolute atomic E-state index is 0.0411. The van der Waals surface area contributed by atoms with Crippen molar-refractivity contribution in [1.82, 2.24) is 20.3 Å². The molecule has 28 heavy (non-hydrogen) atoms.